The second-order valence-electron chi connectivity index (χ2n) is 5.65. The van der Waals surface area contributed by atoms with E-state index in [1.54, 1.807) is 6.20 Å². The molecule has 2 aromatic heterocycles. The number of nitrogens with zero attached hydrogens (tertiary/aromatic N) is 4. The predicted molar refractivity (Wildman–Crippen MR) is 82.7 cm³/mol. The standard InChI is InChI=1S/C15H20N6/c1-21(9-10-3-2-4-18-8-10)14-7-13(19-15(17)20-14)11-5-12(16)6-11/h2-4,7-8,11-12H,5-6,9,16H2,1H3,(H2,17,19,20). The zero-order valence-electron chi connectivity index (χ0n) is 12.1. The van der Waals surface area contributed by atoms with Gasteiger partial charge in [-0.15, -0.1) is 0 Å². The van der Waals surface area contributed by atoms with Gasteiger partial charge in [0.25, 0.3) is 0 Å². The predicted octanol–water partition coefficient (Wildman–Crippen LogP) is 1.29. The topological polar surface area (TPSA) is 94.0 Å². The Morgan fingerprint density at radius 1 is 1.33 bits per heavy atom. The van der Waals surface area contributed by atoms with Crippen LogP contribution in [0.15, 0.2) is 30.6 Å². The minimum absolute atomic E-state index is 0.294. The smallest absolute Gasteiger partial charge is 0.222 e. The highest BCUT2D eigenvalue weighted by molar-refractivity contribution is 5.44. The van der Waals surface area contributed by atoms with E-state index in [2.05, 4.69) is 19.9 Å². The van der Waals surface area contributed by atoms with Crippen molar-refractivity contribution < 1.29 is 0 Å². The van der Waals surface area contributed by atoms with Crippen LogP contribution in [-0.2, 0) is 6.54 Å². The Labute approximate surface area is 124 Å². The van der Waals surface area contributed by atoms with Gasteiger partial charge in [0, 0.05) is 44.0 Å². The highest BCUT2D eigenvalue weighted by Gasteiger charge is 2.29. The van der Waals surface area contributed by atoms with E-state index >= 15 is 0 Å². The number of nitrogen functional groups attached to an aromatic ring is 1. The lowest BCUT2D eigenvalue weighted by atomic mass is 9.78. The lowest BCUT2D eigenvalue weighted by Crippen LogP contribution is -2.35. The van der Waals surface area contributed by atoms with Crippen LogP contribution in [-0.4, -0.2) is 28.0 Å². The molecule has 1 aliphatic carbocycles. The molecule has 21 heavy (non-hydrogen) atoms. The molecule has 1 fully saturated rings. The average Bonchev–Trinajstić information content (AvgIpc) is 2.44. The van der Waals surface area contributed by atoms with Crippen LogP contribution in [0.25, 0.3) is 0 Å². The first-order valence-corrected chi connectivity index (χ1v) is 7.12. The molecule has 0 unspecified atom stereocenters. The maximum atomic E-state index is 5.85. The number of rotatable bonds is 4. The van der Waals surface area contributed by atoms with Gasteiger partial charge in [0.1, 0.15) is 5.82 Å². The Hall–Kier alpha value is -2.21. The van der Waals surface area contributed by atoms with Crippen LogP contribution in [0, 0.1) is 0 Å². The molecular weight excluding hydrogens is 264 g/mol. The molecule has 4 N–H and O–H groups in total. The Morgan fingerprint density at radius 2 is 2.14 bits per heavy atom. The summed E-state index contributed by atoms with van der Waals surface area (Å²) in [7, 11) is 1.99. The van der Waals surface area contributed by atoms with E-state index in [-0.39, 0.29) is 0 Å². The Balaban J connectivity index is 1.78. The molecular formula is C15H20N6. The van der Waals surface area contributed by atoms with Crippen LogP contribution in [0.2, 0.25) is 0 Å². The van der Waals surface area contributed by atoms with Crippen molar-refractivity contribution in [1.29, 1.82) is 0 Å². The van der Waals surface area contributed by atoms with Gasteiger partial charge in [-0.3, -0.25) is 4.98 Å². The quantitative estimate of drug-likeness (QED) is 0.878. The SMILES string of the molecule is CN(Cc1cccnc1)c1cc(C2CC(N)C2)nc(N)n1. The summed E-state index contributed by atoms with van der Waals surface area (Å²) in [5, 5.41) is 0. The number of pyridine rings is 1. The minimum Gasteiger partial charge on any atom is -0.368 e. The third-order valence-corrected chi connectivity index (χ3v) is 3.88. The summed E-state index contributed by atoms with van der Waals surface area (Å²) < 4.78 is 0. The number of aromatic nitrogens is 3. The molecule has 2 aromatic rings. The highest BCUT2D eigenvalue weighted by atomic mass is 15.2. The monoisotopic (exact) mass is 284 g/mol. The van der Waals surface area contributed by atoms with E-state index in [4.69, 9.17) is 11.5 Å². The van der Waals surface area contributed by atoms with Crippen molar-refractivity contribution in [2.24, 2.45) is 5.73 Å². The third-order valence-electron chi connectivity index (χ3n) is 3.88. The van der Waals surface area contributed by atoms with Crippen LogP contribution < -0.4 is 16.4 Å². The second-order valence-corrected chi connectivity index (χ2v) is 5.65. The summed E-state index contributed by atoms with van der Waals surface area (Å²) in [4.78, 5) is 14.9. The van der Waals surface area contributed by atoms with Crippen molar-refractivity contribution in [2.45, 2.75) is 31.3 Å². The molecule has 0 bridgehead atoms. The molecule has 0 aliphatic heterocycles. The molecule has 1 aliphatic rings. The summed E-state index contributed by atoms with van der Waals surface area (Å²) in [6, 6.07) is 6.28. The van der Waals surface area contributed by atoms with E-state index in [0.717, 1.165) is 36.5 Å². The molecule has 3 rings (SSSR count). The van der Waals surface area contributed by atoms with Crippen LogP contribution >= 0.6 is 0 Å². The summed E-state index contributed by atoms with van der Waals surface area (Å²) in [6.07, 6.45) is 5.57. The van der Waals surface area contributed by atoms with E-state index in [0.29, 0.717) is 17.9 Å². The molecule has 110 valence electrons. The molecule has 0 radical (unpaired) electrons. The average molecular weight is 284 g/mol. The van der Waals surface area contributed by atoms with Crippen molar-refractivity contribution in [3.8, 4) is 0 Å². The molecule has 6 heteroatoms. The molecule has 0 amide bonds. The Bertz CT molecular complexity index is 609. The summed E-state index contributed by atoms with van der Waals surface area (Å²) in [5.74, 6) is 1.57. The zero-order valence-corrected chi connectivity index (χ0v) is 12.1. The van der Waals surface area contributed by atoms with Crippen LogP contribution in [0.3, 0.4) is 0 Å². The lowest BCUT2D eigenvalue weighted by molar-refractivity contribution is 0.345. The van der Waals surface area contributed by atoms with Gasteiger partial charge in [0.15, 0.2) is 0 Å². The minimum atomic E-state index is 0.294. The molecule has 0 atom stereocenters. The molecule has 0 saturated heterocycles. The van der Waals surface area contributed by atoms with E-state index in [9.17, 15) is 0 Å². The van der Waals surface area contributed by atoms with Crippen molar-refractivity contribution in [3.63, 3.8) is 0 Å². The van der Waals surface area contributed by atoms with Gasteiger partial charge in [0.05, 0.1) is 5.69 Å². The number of hydrogen-bond donors (Lipinski definition) is 2. The molecule has 0 aromatic carbocycles. The van der Waals surface area contributed by atoms with Crippen molar-refractivity contribution in [1.82, 2.24) is 15.0 Å². The lowest BCUT2D eigenvalue weighted by Gasteiger charge is -2.32. The van der Waals surface area contributed by atoms with Crippen LogP contribution in [0.4, 0.5) is 11.8 Å². The second kappa shape index (κ2) is 5.65. The van der Waals surface area contributed by atoms with E-state index in [1.165, 1.54) is 0 Å². The molecule has 6 nitrogen and oxygen atoms in total. The van der Waals surface area contributed by atoms with Gasteiger partial charge in [0.2, 0.25) is 5.95 Å². The fourth-order valence-electron chi connectivity index (χ4n) is 2.63. The van der Waals surface area contributed by atoms with Crippen LogP contribution in [0.5, 0.6) is 0 Å². The summed E-state index contributed by atoms with van der Waals surface area (Å²) in [5.41, 5.74) is 13.8. The fourth-order valence-corrected chi connectivity index (χ4v) is 2.63. The third kappa shape index (κ3) is 3.11. The maximum absolute atomic E-state index is 5.85. The molecule has 2 heterocycles. The largest absolute Gasteiger partial charge is 0.368 e. The van der Waals surface area contributed by atoms with E-state index in [1.807, 2.05) is 31.4 Å². The van der Waals surface area contributed by atoms with Gasteiger partial charge in [-0.05, 0) is 24.5 Å². The first-order valence-electron chi connectivity index (χ1n) is 7.12. The fraction of sp³-hybridized carbons (Fsp3) is 0.400. The van der Waals surface area contributed by atoms with E-state index < -0.39 is 0 Å². The first kappa shape index (κ1) is 13.8. The van der Waals surface area contributed by atoms with Gasteiger partial charge in [-0.1, -0.05) is 6.07 Å². The summed E-state index contributed by atoms with van der Waals surface area (Å²) in [6.45, 7) is 0.730. The van der Waals surface area contributed by atoms with Gasteiger partial charge in [-0.25, -0.2) is 4.98 Å². The van der Waals surface area contributed by atoms with Crippen molar-refractivity contribution in [3.05, 3.63) is 41.9 Å². The Morgan fingerprint density at radius 3 is 2.81 bits per heavy atom. The van der Waals surface area contributed by atoms with Crippen LogP contribution in [0.1, 0.15) is 30.0 Å². The number of hydrogen-bond acceptors (Lipinski definition) is 6. The Kier molecular flexibility index (Phi) is 3.70. The first-order chi connectivity index (χ1) is 10.1. The van der Waals surface area contributed by atoms with Gasteiger partial charge in [-0.2, -0.15) is 4.98 Å². The highest BCUT2D eigenvalue weighted by Crippen LogP contribution is 2.35. The number of anilines is 2. The normalized spacial score (nSPS) is 20.9. The van der Waals surface area contributed by atoms with Gasteiger partial charge < -0.3 is 16.4 Å². The zero-order chi connectivity index (χ0) is 14.8. The maximum Gasteiger partial charge on any atom is 0.222 e. The van der Waals surface area contributed by atoms with Gasteiger partial charge >= 0.3 is 0 Å². The van der Waals surface area contributed by atoms with Crippen molar-refractivity contribution >= 4 is 11.8 Å². The number of nitrogens with two attached hydrogens (primary N) is 2. The summed E-state index contributed by atoms with van der Waals surface area (Å²) >= 11 is 0. The molecule has 1 saturated carbocycles. The molecule has 0 spiro atoms. The van der Waals surface area contributed by atoms with Crippen molar-refractivity contribution in [2.75, 3.05) is 17.7 Å².